The maximum absolute atomic E-state index is 14.6. The summed E-state index contributed by atoms with van der Waals surface area (Å²) in [6.45, 7) is 0.263. The lowest BCUT2D eigenvalue weighted by molar-refractivity contribution is -0.137. The molecule has 0 aliphatic heterocycles. The van der Waals surface area contributed by atoms with Gasteiger partial charge in [0, 0.05) is 12.0 Å². The molecule has 23 heavy (non-hydrogen) atoms. The highest BCUT2D eigenvalue weighted by Gasteiger charge is 2.15. The van der Waals surface area contributed by atoms with E-state index in [9.17, 15) is 9.18 Å². The van der Waals surface area contributed by atoms with Crippen molar-refractivity contribution in [3.63, 3.8) is 0 Å². The molecule has 2 aromatic rings. The van der Waals surface area contributed by atoms with Gasteiger partial charge in [-0.05, 0) is 30.5 Å². The van der Waals surface area contributed by atoms with E-state index >= 15 is 0 Å². The molecule has 2 aromatic carbocycles. The Balaban J connectivity index is 2.12. The Hall–Kier alpha value is -2.56. The molecule has 4 nitrogen and oxygen atoms in total. The molecular weight excluding hydrogens is 299 g/mol. The number of halogens is 1. The molecule has 0 aliphatic carbocycles. The van der Waals surface area contributed by atoms with E-state index in [-0.39, 0.29) is 25.2 Å². The molecule has 2 rings (SSSR count). The molecular formula is C18H19FO4. The van der Waals surface area contributed by atoms with Crippen LogP contribution in [0.5, 0.6) is 11.5 Å². The van der Waals surface area contributed by atoms with Gasteiger partial charge in [0.15, 0.2) is 11.6 Å². The van der Waals surface area contributed by atoms with Gasteiger partial charge in [-0.2, -0.15) is 0 Å². The molecule has 122 valence electrons. The zero-order valence-electron chi connectivity index (χ0n) is 12.9. The average molecular weight is 318 g/mol. The Kier molecular flexibility index (Phi) is 5.97. The Morgan fingerprint density at radius 2 is 1.83 bits per heavy atom. The van der Waals surface area contributed by atoms with Gasteiger partial charge in [0.1, 0.15) is 12.4 Å². The summed E-state index contributed by atoms with van der Waals surface area (Å²) in [7, 11) is 1.46. The largest absolute Gasteiger partial charge is 0.496 e. The lowest BCUT2D eigenvalue weighted by Crippen LogP contribution is -2.03. The van der Waals surface area contributed by atoms with Gasteiger partial charge in [0.2, 0.25) is 0 Å². The predicted octanol–water partition coefficient (Wildman–Crippen LogP) is 3.82. The predicted molar refractivity (Wildman–Crippen MR) is 84.3 cm³/mol. The number of carboxylic acids is 1. The van der Waals surface area contributed by atoms with Crippen LogP contribution in [-0.2, 0) is 17.8 Å². The molecule has 0 fully saturated rings. The number of carbonyl (C=O) groups is 1. The molecule has 0 aliphatic rings. The minimum absolute atomic E-state index is 0.0162. The van der Waals surface area contributed by atoms with Gasteiger partial charge in [-0.3, -0.25) is 4.79 Å². The minimum atomic E-state index is -0.902. The number of aliphatic carboxylic acids is 1. The van der Waals surface area contributed by atoms with Crippen LogP contribution in [0, 0.1) is 5.82 Å². The second kappa shape index (κ2) is 8.17. The Labute approximate surface area is 134 Å². The molecule has 0 aromatic heterocycles. The van der Waals surface area contributed by atoms with E-state index in [4.69, 9.17) is 14.6 Å². The first-order valence-electron chi connectivity index (χ1n) is 7.35. The Morgan fingerprint density at radius 1 is 1.13 bits per heavy atom. The van der Waals surface area contributed by atoms with Crippen molar-refractivity contribution in [3.05, 3.63) is 59.4 Å². The van der Waals surface area contributed by atoms with Gasteiger partial charge in [-0.15, -0.1) is 0 Å². The van der Waals surface area contributed by atoms with Crippen molar-refractivity contribution >= 4 is 5.97 Å². The molecule has 0 unspecified atom stereocenters. The third kappa shape index (κ3) is 4.71. The van der Waals surface area contributed by atoms with Gasteiger partial charge in [-0.1, -0.05) is 30.3 Å². The van der Waals surface area contributed by atoms with Crippen LogP contribution >= 0.6 is 0 Å². The summed E-state index contributed by atoms with van der Waals surface area (Å²) in [6, 6.07) is 12.6. The minimum Gasteiger partial charge on any atom is -0.496 e. The van der Waals surface area contributed by atoms with Crippen molar-refractivity contribution in [1.82, 2.24) is 0 Å². The summed E-state index contributed by atoms with van der Waals surface area (Å²) >= 11 is 0. The molecule has 0 amide bonds. The van der Waals surface area contributed by atoms with Crippen LogP contribution in [0.25, 0.3) is 0 Å². The van der Waals surface area contributed by atoms with Gasteiger partial charge in [0.05, 0.1) is 7.11 Å². The number of benzene rings is 2. The van der Waals surface area contributed by atoms with Gasteiger partial charge >= 0.3 is 5.97 Å². The van der Waals surface area contributed by atoms with Crippen molar-refractivity contribution in [1.29, 1.82) is 0 Å². The van der Waals surface area contributed by atoms with Crippen molar-refractivity contribution in [3.8, 4) is 11.5 Å². The second-order valence-corrected chi connectivity index (χ2v) is 5.08. The number of methoxy groups -OCH3 is 1. The highest BCUT2D eigenvalue weighted by molar-refractivity contribution is 5.66. The van der Waals surface area contributed by atoms with Crippen LogP contribution in [-0.4, -0.2) is 18.2 Å². The van der Waals surface area contributed by atoms with Crippen molar-refractivity contribution in [2.45, 2.75) is 25.9 Å². The highest BCUT2D eigenvalue weighted by Crippen LogP contribution is 2.30. The lowest BCUT2D eigenvalue weighted by atomic mass is 10.1. The maximum atomic E-state index is 14.6. The summed E-state index contributed by atoms with van der Waals surface area (Å²) in [5.74, 6) is -0.855. The molecule has 0 atom stereocenters. The van der Waals surface area contributed by atoms with Crippen LogP contribution in [0.3, 0.4) is 0 Å². The molecule has 0 bridgehead atoms. The molecule has 0 spiro atoms. The maximum Gasteiger partial charge on any atom is 0.303 e. The summed E-state index contributed by atoms with van der Waals surface area (Å²) in [6.07, 6.45) is 0.603. The molecule has 0 saturated carbocycles. The third-order valence-corrected chi connectivity index (χ3v) is 3.44. The van der Waals surface area contributed by atoms with E-state index in [1.165, 1.54) is 13.2 Å². The fraction of sp³-hybridized carbons (Fsp3) is 0.278. The lowest BCUT2D eigenvalue weighted by Gasteiger charge is -2.13. The second-order valence-electron chi connectivity index (χ2n) is 5.08. The molecule has 0 radical (unpaired) electrons. The first-order valence-corrected chi connectivity index (χ1v) is 7.35. The average Bonchev–Trinajstić information content (AvgIpc) is 2.56. The van der Waals surface area contributed by atoms with Crippen molar-refractivity contribution in [2.75, 3.05) is 7.11 Å². The van der Waals surface area contributed by atoms with Gasteiger partial charge < -0.3 is 14.6 Å². The van der Waals surface area contributed by atoms with Crippen LogP contribution in [0.15, 0.2) is 42.5 Å². The summed E-state index contributed by atoms with van der Waals surface area (Å²) in [5.41, 5.74) is 1.29. The molecule has 5 heteroatoms. The monoisotopic (exact) mass is 318 g/mol. The van der Waals surface area contributed by atoms with Crippen molar-refractivity contribution in [2.24, 2.45) is 0 Å². The Morgan fingerprint density at radius 3 is 2.48 bits per heavy atom. The molecule has 0 saturated heterocycles. The van der Waals surface area contributed by atoms with Crippen LogP contribution < -0.4 is 9.47 Å². The first-order chi connectivity index (χ1) is 11.1. The van der Waals surface area contributed by atoms with E-state index in [0.717, 1.165) is 5.56 Å². The van der Waals surface area contributed by atoms with Crippen LogP contribution in [0.1, 0.15) is 24.0 Å². The summed E-state index contributed by atoms with van der Waals surface area (Å²) in [5, 5.41) is 8.70. The zero-order chi connectivity index (χ0) is 16.7. The topological polar surface area (TPSA) is 55.8 Å². The first kappa shape index (κ1) is 16.8. The quantitative estimate of drug-likeness (QED) is 0.804. The summed E-state index contributed by atoms with van der Waals surface area (Å²) in [4.78, 5) is 10.6. The summed E-state index contributed by atoms with van der Waals surface area (Å²) < 4.78 is 25.3. The fourth-order valence-corrected chi connectivity index (χ4v) is 2.27. The number of ether oxygens (including phenoxy) is 2. The Bertz CT molecular complexity index is 656. The zero-order valence-corrected chi connectivity index (χ0v) is 12.9. The van der Waals surface area contributed by atoms with E-state index in [0.29, 0.717) is 17.7 Å². The SMILES string of the molecule is COc1ccc(OCc2ccccc2)c(F)c1CCCC(=O)O. The number of hydrogen-bond acceptors (Lipinski definition) is 3. The smallest absolute Gasteiger partial charge is 0.303 e. The molecule has 0 heterocycles. The van der Waals surface area contributed by atoms with Crippen LogP contribution in [0.4, 0.5) is 4.39 Å². The van der Waals surface area contributed by atoms with E-state index < -0.39 is 11.8 Å². The number of carboxylic acid groups (broad SMARTS) is 1. The normalized spacial score (nSPS) is 10.3. The van der Waals surface area contributed by atoms with E-state index in [1.54, 1.807) is 6.07 Å². The highest BCUT2D eigenvalue weighted by atomic mass is 19.1. The van der Waals surface area contributed by atoms with E-state index in [2.05, 4.69) is 0 Å². The fourth-order valence-electron chi connectivity index (χ4n) is 2.27. The van der Waals surface area contributed by atoms with Gasteiger partial charge in [-0.25, -0.2) is 4.39 Å². The van der Waals surface area contributed by atoms with Crippen molar-refractivity contribution < 1.29 is 23.8 Å². The number of rotatable bonds is 8. The standard InChI is InChI=1S/C18H19FO4/c1-22-15-10-11-16(23-12-13-6-3-2-4-7-13)18(19)14(15)8-5-9-17(20)21/h2-4,6-7,10-11H,5,8-9,12H2,1H3,(H,20,21). The van der Waals surface area contributed by atoms with Gasteiger partial charge in [0.25, 0.3) is 0 Å². The van der Waals surface area contributed by atoms with Crippen LogP contribution in [0.2, 0.25) is 0 Å². The number of hydrogen-bond donors (Lipinski definition) is 1. The molecule has 1 N–H and O–H groups in total. The van der Waals surface area contributed by atoms with E-state index in [1.807, 2.05) is 30.3 Å². The third-order valence-electron chi connectivity index (χ3n) is 3.44.